The smallest absolute Gasteiger partial charge is 0.133 e. The van der Waals surface area contributed by atoms with E-state index in [-0.39, 0.29) is 6.17 Å². The number of fused-ring (bicyclic) bond motifs is 1. The van der Waals surface area contributed by atoms with Crippen molar-refractivity contribution in [3.63, 3.8) is 0 Å². The van der Waals surface area contributed by atoms with Crippen LogP contribution in [0.25, 0.3) is 0 Å². The number of hydrogen-bond acceptors (Lipinski definition) is 4. The molecular formula is C10H17N5. The van der Waals surface area contributed by atoms with E-state index in [1.807, 2.05) is 6.33 Å². The molecule has 15 heavy (non-hydrogen) atoms. The Morgan fingerprint density at radius 1 is 1.40 bits per heavy atom. The van der Waals surface area contributed by atoms with Crippen LogP contribution in [0.15, 0.2) is 6.33 Å². The molecule has 0 spiro atoms. The summed E-state index contributed by atoms with van der Waals surface area (Å²) < 4.78 is 2.27. The van der Waals surface area contributed by atoms with Crippen LogP contribution >= 0.6 is 0 Å². The lowest BCUT2D eigenvalue weighted by atomic mass is 10.2. The fraction of sp³-hybridized carbons (Fsp3) is 0.700. The van der Waals surface area contributed by atoms with E-state index in [4.69, 9.17) is 5.73 Å². The molecular weight excluding hydrogens is 190 g/mol. The van der Waals surface area contributed by atoms with Gasteiger partial charge in [-0.3, -0.25) is 5.32 Å². The Bertz CT molecular complexity index is 353. The summed E-state index contributed by atoms with van der Waals surface area (Å²) in [5.74, 6) is 1.12. The zero-order valence-electron chi connectivity index (χ0n) is 8.74. The number of hydrogen-bond donors (Lipinski definition) is 3. The molecule has 0 aromatic carbocycles. The van der Waals surface area contributed by atoms with Gasteiger partial charge in [-0.05, 0) is 12.8 Å². The number of nitrogens with two attached hydrogens (primary N) is 1. The molecule has 0 amide bonds. The maximum absolute atomic E-state index is 5.93. The average molecular weight is 207 g/mol. The van der Waals surface area contributed by atoms with Crippen molar-refractivity contribution < 1.29 is 0 Å². The molecule has 1 aliphatic carbocycles. The Kier molecular flexibility index (Phi) is 2.14. The zero-order valence-corrected chi connectivity index (χ0v) is 8.74. The van der Waals surface area contributed by atoms with Crippen LogP contribution in [0.3, 0.4) is 0 Å². The molecule has 1 aromatic rings. The molecule has 5 heteroatoms. The highest BCUT2D eigenvalue weighted by Gasteiger charge is 2.25. The number of nitrogens with one attached hydrogen (secondary N) is 2. The van der Waals surface area contributed by atoms with E-state index in [9.17, 15) is 0 Å². The first kappa shape index (κ1) is 9.18. The third-order valence-corrected chi connectivity index (χ3v) is 3.41. The molecule has 2 heterocycles. The van der Waals surface area contributed by atoms with Gasteiger partial charge in [0.1, 0.15) is 17.7 Å². The van der Waals surface area contributed by atoms with Crippen molar-refractivity contribution in [2.75, 3.05) is 12.0 Å². The highest BCUT2D eigenvalue weighted by molar-refractivity contribution is 5.45. The van der Waals surface area contributed by atoms with Crippen LogP contribution in [-0.4, -0.2) is 16.2 Å². The van der Waals surface area contributed by atoms with Crippen LogP contribution < -0.4 is 16.4 Å². The van der Waals surface area contributed by atoms with Crippen LogP contribution in [0.1, 0.15) is 43.6 Å². The summed E-state index contributed by atoms with van der Waals surface area (Å²) in [5, 5.41) is 6.46. The van der Waals surface area contributed by atoms with Crippen LogP contribution in [0.2, 0.25) is 0 Å². The van der Waals surface area contributed by atoms with Gasteiger partial charge in [0.15, 0.2) is 0 Å². The second-order valence-corrected chi connectivity index (χ2v) is 4.36. The lowest BCUT2D eigenvalue weighted by Gasteiger charge is -2.24. The monoisotopic (exact) mass is 207 g/mol. The van der Waals surface area contributed by atoms with E-state index < -0.39 is 0 Å². The molecule has 1 fully saturated rings. The van der Waals surface area contributed by atoms with Gasteiger partial charge in [0, 0.05) is 6.04 Å². The molecule has 0 saturated heterocycles. The molecule has 82 valence electrons. The maximum atomic E-state index is 5.93. The summed E-state index contributed by atoms with van der Waals surface area (Å²) in [6.45, 7) is 0.729. The Morgan fingerprint density at radius 2 is 2.20 bits per heavy atom. The van der Waals surface area contributed by atoms with Crippen molar-refractivity contribution in [3.8, 4) is 0 Å². The van der Waals surface area contributed by atoms with Gasteiger partial charge >= 0.3 is 0 Å². The highest BCUT2D eigenvalue weighted by atomic mass is 15.3. The predicted octanol–water partition coefficient (Wildman–Crippen LogP) is 0.928. The van der Waals surface area contributed by atoms with Gasteiger partial charge in [-0.25, -0.2) is 4.98 Å². The lowest BCUT2D eigenvalue weighted by molar-refractivity contribution is 0.505. The van der Waals surface area contributed by atoms with Crippen LogP contribution in [0, 0.1) is 0 Å². The molecule has 1 atom stereocenters. The predicted molar refractivity (Wildman–Crippen MR) is 58.3 cm³/mol. The number of anilines is 1. The maximum Gasteiger partial charge on any atom is 0.133 e. The molecule has 0 bridgehead atoms. The van der Waals surface area contributed by atoms with Crippen LogP contribution in [-0.2, 0) is 0 Å². The van der Waals surface area contributed by atoms with Crippen molar-refractivity contribution >= 4 is 5.82 Å². The summed E-state index contributed by atoms with van der Waals surface area (Å²) in [4.78, 5) is 4.40. The van der Waals surface area contributed by atoms with E-state index >= 15 is 0 Å². The summed E-state index contributed by atoms with van der Waals surface area (Å²) >= 11 is 0. The number of aromatic nitrogens is 2. The first-order chi connectivity index (χ1) is 7.36. The fourth-order valence-corrected chi connectivity index (χ4v) is 2.59. The van der Waals surface area contributed by atoms with Gasteiger partial charge in [-0.2, -0.15) is 0 Å². The third-order valence-electron chi connectivity index (χ3n) is 3.41. The van der Waals surface area contributed by atoms with Gasteiger partial charge in [-0.1, -0.05) is 12.8 Å². The first-order valence-electron chi connectivity index (χ1n) is 5.66. The van der Waals surface area contributed by atoms with Crippen molar-refractivity contribution in [1.29, 1.82) is 0 Å². The Hall–Kier alpha value is -1.07. The van der Waals surface area contributed by atoms with Gasteiger partial charge in [-0.15, -0.1) is 0 Å². The SMILES string of the molecule is NC1NCNc2c1ncn2C1CCCC1. The lowest BCUT2D eigenvalue weighted by Crippen LogP contribution is -2.38. The minimum atomic E-state index is -0.121. The second-order valence-electron chi connectivity index (χ2n) is 4.36. The molecule has 4 N–H and O–H groups in total. The van der Waals surface area contributed by atoms with E-state index in [2.05, 4.69) is 20.2 Å². The largest absolute Gasteiger partial charge is 0.357 e. The van der Waals surface area contributed by atoms with Gasteiger partial charge in [0.25, 0.3) is 0 Å². The molecule has 1 unspecified atom stereocenters. The molecule has 1 aliphatic heterocycles. The van der Waals surface area contributed by atoms with Crippen molar-refractivity contribution in [3.05, 3.63) is 12.0 Å². The summed E-state index contributed by atoms with van der Waals surface area (Å²) in [7, 11) is 0. The fourth-order valence-electron chi connectivity index (χ4n) is 2.59. The highest BCUT2D eigenvalue weighted by Crippen LogP contribution is 2.34. The molecule has 5 nitrogen and oxygen atoms in total. The van der Waals surface area contributed by atoms with Gasteiger partial charge in [0.2, 0.25) is 0 Å². The van der Waals surface area contributed by atoms with Gasteiger partial charge in [0.05, 0.1) is 13.0 Å². The van der Waals surface area contributed by atoms with Crippen LogP contribution in [0.4, 0.5) is 5.82 Å². The quantitative estimate of drug-likeness (QED) is 0.641. The van der Waals surface area contributed by atoms with E-state index in [1.54, 1.807) is 0 Å². The normalized spacial score (nSPS) is 26.3. The summed E-state index contributed by atoms with van der Waals surface area (Å²) in [5.41, 5.74) is 6.88. The summed E-state index contributed by atoms with van der Waals surface area (Å²) in [6, 6.07) is 0.624. The number of rotatable bonds is 1. The number of imidazole rings is 1. The first-order valence-corrected chi connectivity index (χ1v) is 5.66. The van der Waals surface area contributed by atoms with E-state index in [0.29, 0.717) is 6.04 Å². The minimum absolute atomic E-state index is 0.121. The standard InChI is InChI=1S/C10H17N5/c11-9-8-10(13-5-12-9)15(6-14-8)7-3-1-2-4-7/h6-7,9,12-13H,1-5,11H2. The zero-order chi connectivity index (χ0) is 10.3. The van der Waals surface area contributed by atoms with E-state index in [0.717, 1.165) is 18.2 Å². The average Bonchev–Trinajstić information content (AvgIpc) is 2.85. The molecule has 1 aromatic heterocycles. The number of nitrogens with zero attached hydrogens (tertiary/aromatic N) is 2. The van der Waals surface area contributed by atoms with Crippen molar-refractivity contribution in [2.24, 2.45) is 5.73 Å². The van der Waals surface area contributed by atoms with Crippen molar-refractivity contribution in [1.82, 2.24) is 14.9 Å². The van der Waals surface area contributed by atoms with E-state index in [1.165, 1.54) is 25.7 Å². The molecule has 3 rings (SSSR count). The van der Waals surface area contributed by atoms with Crippen LogP contribution in [0.5, 0.6) is 0 Å². The van der Waals surface area contributed by atoms with Crippen molar-refractivity contribution in [2.45, 2.75) is 37.9 Å². The minimum Gasteiger partial charge on any atom is -0.357 e. The second kappa shape index (κ2) is 3.50. The molecule has 2 aliphatic rings. The Labute approximate surface area is 89.1 Å². The topological polar surface area (TPSA) is 67.9 Å². The Balaban J connectivity index is 1.95. The molecule has 0 radical (unpaired) electrons. The summed E-state index contributed by atoms with van der Waals surface area (Å²) in [6.07, 6.45) is 7.02. The third kappa shape index (κ3) is 1.42. The molecule has 1 saturated carbocycles. The van der Waals surface area contributed by atoms with Gasteiger partial charge < -0.3 is 15.6 Å². The Morgan fingerprint density at radius 3 is 3.00 bits per heavy atom.